The lowest BCUT2D eigenvalue weighted by Gasteiger charge is -2.25. The summed E-state index contributed by atoms with van der Waals surface area (Å²) in [6, 6.07) is 7.11. The van der Waals surface area contributed by atoms with Gasteiger partial charge in [-0.25, -0.2) is 23.9 Å². The van der Waals surface area contributed by atoms with Crippen LogP contribution in [-0.4, -0.2) is 73.8 Å². The number of halogens is 1. The van der Waals surface area contributed by atoms with Crippen molar-refractivity contribution < 1.29 is 37.4 Å². The number of ether oxygens (including phenoxy) is 2. The molecule has 15 heteroatoms. The van der Waals surface area contributed by atoms with E-state index in [0.717, 1.165) is 0 Å². The molecule has 13 nitrogen and oxygen atoms in total. The van der Waals surface area contributed by atoms with E-state index in [-0.39, 0.29) is 5.75 Å². The van der Waals surface area contributed by atoms with Crippen molar-refractivity contribution in [2.45, 2.75) is 77.8 Å². The number of carbonyl (C=O) groups is 1. The number of para-hydroxylation sites is 1. The summed E-state index contributed by atoms with van der Waals surface area (Å²) in [5.41, 5.74) is -1.59. The monoisotopic (exact) mass is 594 g/mol. The SMILES string of the molecule is CCNc1nc(C)nc2c1ncn2[C@@H]1O[C@H](COP(=O)(N[C@H](C)C(=O)OC(C)C)Oc2ccccc2)[C@@H](O)[C@@]1(C)F. The van der Waals surface area contributed by atoms with Gasteiger partial charge in [0, 0.05) is 6.54 Å². The van der Waals surface area contributed by atoms with Crippen LogP contribution in [0.1, 0.15) is 46.7 Å². The van der Waals surface area contributed by atoms with Crippen molar-refractivity contribution in [2.24, 2.45) is 0 Å². The van der Waals surface area contributed by atoms with Gasteiger partial charge in [-0.3, -0.25) is 13.9 Å². The molecule has 1 saturated heterocycles. The lowest BCUT2D eigenvalue weighted by atomic mass is 9.98. The molecular formula is C26H36FN6O7P. The van der Waals surface area contributed by atoms with Crippen LogP contribution in [0.25, 0.3) is 11.2 Å². The van der Waals surface area contributed by atoms with E-state index < -0.39 is 56.6 Å². The molecule has 0 saturated carbocycles. The number of aryl methyl sites for hydroxylation is 1. The first-order valence-electron chi connectivity index (χ1n) is 13.3. The maximum Gasteiger partial charge on any atom is 0.459 e. The highest BCUT2D eigenvalue weighted by atomic mass is 31.2. The molecule has 0 radical (unpaired) electrons. The van der Waals surface area contributed by atoms with Gasteiger partial charge < -0.3 is 24.4 Å². The van der Waals surface area contributed by atoms with Crippen molar-refractivity contribution in [3.8, 4) is 5.75 Å². The molecule has 0 bridgehead atoms. The average Bonchev–Trinajstić information content (AvgIpc) is 3.41. The topological polar surface area (TPSA) is 159 Å². The Morgan fingerprint density at radius 2 is 1.98 bits per heavy atom. The number of nitrogens with zero attached hydrogens (tertiary/aromatic N) is 4. The van der Waals surface area contributed by atoms with E-state index in [9.17, 15) is 14.5 Å². The Bertz CT molecular complexity index is 1410. The number of hydrogen-bond donors (Lipinski definition) is 3. The zero-order chi connectivity index (χ0) is 29.9. The Kier molecular flexibility index (Phi) is 9.29. The molecule has 2 aromatic heterocycles. The summed E-state index contributed by atoms with van der Waals surface area (Å²) < 4.78 is 53.6. The third kappa shape index (κ3) is 6.84. The first kappa shape index (κ1) is 30.8. The van der Waals surface area contributed by atoms with Crippen molar-refractivity contribution in [2.75, 3.05) is 18.5 Å². The number of aliphatic hydroxyl groups is 1. The van der Waals surface area contributed by atoms with Crippen molar-refractivity contribution in [1.29, 1.82) is 0 Å². The number of esters is 1. The second kappa shape index (κ2) is 12.4. The van der Waals surface area contributed by atoms with E-state index in [4.69, 9.17) is 18.5 Å². The van der Waals surface area contributed by atoms with E-state index >= 15 is 4.39 Å². The summed E-state index contributed by atoms with van der Waals surface area (Å²) in [4.78, 5) is 25.5. The van der Waals surface area contributed by atoms with Crippen LogP contribution in [0.4, 0.5) is 10.2 Å². The minimum absolute atomic E-state index is 0.199. The number of nitrogens with one attached hydrogen (secondary N) is 2. The number of alkyl halides is 1. The second-order valence-electron chi connectivity index (χ2n) is 10.1. The van der Waals surface area contributed by atoms with Gasteiger partial charge in [-0.1, -0.05) is 18.2 Å². The first-order chi connectivity index (χ1) is 19.3. The number of benzene rings is 1. The normalized spacial score (nSPS) is 24.8. The molecule has 41 heavy (non-hydrogen) atoms. The van der Waals surface area contributed by atoms with Gasteiger partial charge in [-0.2, -0.15) is 5.09 Å². The minimum Gasteiger partial charge on any atom is -0.462 e. The molecule has 1 aliphatic heterocycles. The van der Waals surface area contributed by atoms with Crippen LogP contribution in [0, 0.1) is 6.92 Å². The molecule has 1 aliphatic rings. The molecule has 1 aromatic carbocycles. The minimum atomic E-state index is -4.27. The number of aromatic nitrogens is 4. The van der Waals surface area contributed by atoms with Crippen LogP contribution < -0.4 is 14.9 Å². The molecule has 1 fully saturated rings. The predicted molar refractivity (Wildman–Crippen MR) is 148 cm³/mol. The van der Waals surface area contributed by atoms with Crippen LogP contribution in [0.5, 0.6) is 5.75 Å². The second-order valence-corrected chi connectivity index (χ2v) is 11.8. The van der Waals surface area contributed by atoms with Gasteiger partial charge in [-0.15, -0.1) is 0 Å². The van der Waals surface area contributed by atoms with Gasteiger partial charge in [0.05, 0.1) is 19.0 Å². The number of anilines is 1. The summed E-state index contributed by atoms with van der Waals surface area (Å²) in [7, 11) is -4.27. The number of hydrogen-bond acceptors (Lipinski definition) is 11. The van der Waals surface area contributed by atoms with Crippen molar-refractivity contribution >= 4 is 30.7 Å². The molecule has 3 aromatic rings. The first-order valence-corrected chi connectivity index (χ1v) is 14.8. The quantitative estimate of drug-likeness (QED) is 0.207. The molecule has 224 valence electrons. The average molecular weight is 595 g/mol. The summed E-state index contributed by atoms with van der Waals surface area (Å²) in [5, 5.41) is 16.6. The fraction of sp³-hybridized carbons (Fsp3) is 0.538. The largest absolute Gasteiger partial charge is 0.462 e. The van der Waals surface area contributed by atoms with Gasteiger partial charge in [0.25, 0.3) is 0 Å². The summed E-state index contributed by atoms with van der Waals surface area (Å²) in [6.07, 6.45) is -3.33. The molecule has 4 rings (SSSR count). The molecule has 0 aliphatic carbocycles. The number of aliphatic hydroxyl groups excluding tert-OH is 1. The number of imidazole rings is 1. The zero-order valence-corrected chi connectivity index (χ0v) is 24.7. The predicted octanol–water partition coefficient (Wildman–Crippen LogP) is 3.69. The van der Waals surface area contributed by atoms with Gasteiger partial charge in [0.1, 0.15) is 29.8 Å². The molecule has 3 heterocycles. The van der Waals surface area contributed by atoms with Crippen molar-refractivity contribution in [3.05, 3.63) is 42.5 Å². The summed E-state index contributed by atoms with van der Waals surface area (Å²) in [5.74, 6) is 0.452. The van der Waals surface area contributed by atoms with Gasteiger partial charge in [0.2, 0.25) is 0 Å². The molecule has 0 amide bonds. The molecule has 0 spiro atoms. The zero-order valence-electron chi connectivity index (χ0n) is 23.8. The van der Waals surface area contributed by atoms with E-state index in [0.29, 0.717) is 29.4 Å². The van der Waals surface area contributed by atoms with Crippen LogP contribution in [0.2, 0.25) is 0 Å². The lowest BCUT2D eigenvalue weighted by Crippen LogP contribution is -2.41. The molecule has 6 atom stereocenters. The lowest BCUT2D eigenvalue weighted by molar-refractivity contribution is -0.149. The number of fused-ring (bicyclic) bond motifs is 1. The highest BCUT2D eigenvalue weighted by Gasteiger charge is 2.56. The maximum atomic E-state index is 16.0. The van der Waals surface area contributed by atoms with Crippen LogP contribution in [0.3, 0.4) is 0 Å². The fourth-order valence-electron chi connectivity index (χ4n) is 4.34. The van der Waals surface area contributed by atoms with E-state index in [2.05, 4.69) is 25.4 Å². The Morgan fingerprint density at radius 1 is 1.27 bits per heavy atom. The Labute approximate surface area is 237 Å². The van der Waals surface area contributed by atoms with E-state index in [1.165, 1.54) is 24.7 Å². The van der Waals surface area contributed by atoms with Gasteiger partial charge in [0.15, 0.2) is 28.9 Å². The Balaban J connectivity index is 1.56. The van der Waals surface area contributed by atoms with Crippen molar-refractivity contribution in [1.82, 2.24) is 24.6 Å². The fourth-order valence-corrected chi connectivity index (χ4v) is 5.85. The standard InChI is InChI=1S/C26H36FN6O7P/c1-7-28-22-20-23(31-17(5)30-22)33(14-29-20)25-26(6,27)21(34)19(39-25)13-37-41(36,40-18-11-9-8-10-12-18)32-16(4)24(35)38-15(2)3/h8-12,14-16,19,21,25,34H,7,13H2,1-6H3,(H,32,36)(H,28,30,31)/t16-,19-,21-,25-,26-,41?/m1/s1. The molecule has 3 N–H and O–H groups in total. The van der Waals surface area contributed by atoms with Gasteiger partial charge in [-0.05, 0) is 53.7 Å². The smallest absolute Gasteiger partial charge is 0.459 e. The third-order valence-corrected chi connectivity index (χ3v) is 7.93. The van der Waals surface area contributed by atoms with Crippen LogP contribution in [0.15, 0.2) is 36.7 Å². The summed E-state index contributed by atoms with van der Waals surface area (Å²) in [6.45, 7) is 9.65. The Hall–Kier alpha value is -3.16. The highest BCUT2D eigenvalue weighted by Crippen LogP contribution is 2.48. The Morgan fingerprint density at radius 3 is 2.63 bits per heavy atom. The highest BCUT2D eigenvalue weighted by molar-refractivity contribution is 7.52. The third-order valence-electron chi connectivity index (χ3n) is 6.28. The van der Waals surface area contributed by atoms with Crippen LogP contribution in [-0.2, 0) is 23.4 Å². The van der Waals surface area contributed by atoms with Gasteiger partial charge >= 0.3 is 13.7 Å². The van der Waals surface area contributed by atoms with Crippen molar-refractivity contribution in [3.63, 3.8) is 0 Å². The number of rotatable bonds is 12. The summed E-state index contributed by atoms with van der Waals surface area (Å²) >= 11 is 0. The number of carbonyl (C=O) groups excluding carboxylic acids is 1. The molecular weight excluding hydrogens is 558 g/mol. The van der Waals surface area contributed by atoms with E-state index in [1.807, 2.05) is 6.92 Å². The van der Waals surface area contributed by atoms with E-state index in [1.54, 1.807) is 51.1 Å². The maximum absolute atomic E-state index is 16.0. The molecule has 1 unspecified atom stereocenters. The van der Waals surface area contributed by atoms with Crippen LogP contribution >= 0.6 is 7.75 Å².